The first-order valence-electron chi connectivity index (χ1n) is 7.60. The number of benzene rings is 1. The fourth-order valence-electron chi connectivity index (χ4n) is 2.78. The lowest BCUT2D eigenvalue weighted by molar-refractivity contribution is -0.132. The number of sulfonamides is 1. The molecule has 1 N–H and O–H groups in total. The highest BCUT2D eigenvalue weighted by atomic mass is 32.2. The molecule has 0 bridgehead atoms. The van der Waals surface area contributed by atoms with Gasteiger partial charge in [0.15, 0.2) is 0 Å². The lowest BCUT2D eigenvalue weighted by Gasteiger charge is -2.33. The van der Waals surface area contributed by atoms with Gasteiger partial charge in [0.05, 0.1) is 17.3 Å². The molecular formula is C15H20N4O3S. The molecule has 0 saturated carbocycles. The van der Waals surface area contributed by atoms with Crippen LogP contribution in [-0.2, 0) is 21.2 Å². The first kappa shape index (κ1) is 15.9. The number of amides is 1. The summed E-state index contributed by atoms with van der Waals surface area (Å²) in [7, 11) is -3.16. The summed E-state index contributed by atoms with van der Waals surface area (Å²) in [5.74, 6) is 0.841. The number of carbonyl (C=O) groups excluding carboxylic acids is 1. The van der Waals surface area contributed by atoms with E-state index in [1.54, 1.807) is 4.90 Å². The summed E-state index contributed by atoms with van der Waals surface area (Å²) in [5.41, 5.74) is 1.87. The molecule has 23 heavy (non-hydrogen) atoms. The standard InChI is InChI=1S/C15H20N4O3S/c1-23(21,22)19-10-8-18(9-11-19)15(20)7-6-14-16-12-4-2-3-5-13(12)17-14/h2-5H,6-11H2,1H3,(H,16,17). The van der Waals surface area contributed by atoms with Crippen molar-refractivity contribution >= 4 is 27.0 Å². The molecule has 0 unspecified atom stereocenters. The van der Waals surface area contributed by atoms with Crippen LogP contribution in [0.15, 0.2) is 24.3 Å². The van der Waals surface area contributed by atoms with Gasteiger partial charge in [-0.15, -0.1) is 0 Å². The van der Waals surface area contributed by atoms with E-state index < -0.39 is 10.0 Å². The zero-order valence-corrected chi connectivity index (χ0v) is 13.8. The van der Waals surface area contributed by atoms with Crippen LogP contribution in [0.2, 0.25) is 0 Å². The quantitative estimate of drug-likeness (QED) is 0.886. The van der Waals surface area contributed by atoms with Gasteiger partial charge in [-0.3, -0.25) is 4.79 Å². The second-order valence-electron chi connectivity index (χ2n) is 5.74. The number of piperazine rings is 1. The number of para-hydroxylation sites is 2. The summed E-state index contributed by atoms with van der Waals surface area (Å²) in [6, 6.07) is 7.76. The molecule has 7 nitrogen and oxygen atoms in total. The number of hydrogen-bond donors (Lipinski definition) is 1. The molecule has 1 aliphatic rings. The number of aromatic nitrogens is 2. The van der Waals surface area contributed by atoms with Gasteiger partial charge in [0.2, 0.25) is 15.9 Å². The minimum absolute atomic E-state index is 0.0404. The number of fused-ring (bicyclic) bond motifs is 1. The van der Waals surface area contributed by atoms with Crippen LogP contribution in [0.3, 0.4) is 0 Å². The van der Waals surface area contributed by atoms with Crippen molar-refractivity contribution in [3.63, 3.8) is 0 Å². The topological polar surface area (TPSA) is 86.4 Å². The number of carbonyl (C=O) groups is 1. The van der Waals surface area contributed by atoms with Crippen LogP contribution in [0.25, 0.3) is 11.0 Å². The minimum Gasteiger partial charge on any atom is -0.342 e. The summed E-state index contributed by atoms with van der Waals surface area (Å²) in [5, 5.41) is 0. The number of hydrogen-bond acceptors (Lipinski definition) is 4. The Morgan fingerprint density at radius 3 is 2.57 bits per heavy atom. The van der Waals surface area contributed by atoms with Crippen molar-refractivity contribution in [2.24, 2.45) is 0 Å². The summed E-state index contributed by atoms with van der Waals surface area (Å²) in [6.45, 7) is 1.64. The minimum atomic E-state index is -3.16. The van der Waals surface area contributed by atoms with Gasteiger partial charge in [0.25, 0.3) is 0 Å². The number of rotatable bonds is 4. The van der Waals surface area contributed by atoms with Crippen LogP contribution in [0.5, 0.6) is 0 Å². The van der Waals surface area contributed by atoms with Crippen molar-refractivity contribution < 1.29 is 13.2 Å². The van der Waals surface area contributed by atoms with E-state index in [-0.39, 0.29) is 5.91 Å². The molecule has 0 atom stereocenters. The highest BCUT2D eigenvalue weighted by Gasteiger charge is 2.25. The van der Waals surface area contributed by atoms with Crippen LogP contribution in [-0.4, -0.2) is 65.9 Å². The fraction of sp³-hybridized carbons (Fsp3) is 0.467. The van der Waals surface area contributed by atoms with Crippen LogP contribution >= 0.6 is 0 Å². The zero-order valence-electron chi connectivity index (χ0n) is 13.0. The molecule has 124 valence electrons. The van der Waals surface area contributed by atoms with Gasteiger partial charge in [-0.25, -0.2) is 13.4 Å². The Hall–Kier alpha value is -1.93. The maximum Gasteiger partial charge on any atom is 0.223 e. The summed E-state index contributed by atoms with van der Waals surface area (Å²) >= 11 is 0. The molecule has 1 aliphatic heterocycles. The lowest BCUT2D eigenvalue weighted by Crippen LogP contribution is -2.50. The Morgan fingerprint density at radius 1 is 1.22 bits per heavy atom. The average molecular weight is 336 g/mol. The van der Waals surface area contributed by atoms with E-state index in [4.69, 9.17) is 0 Å². The van der Waals surface area contributed by atoms with Crippen LogP contribution in [0.1, 0.15) is 12.2 Å². The molecule has 1 fully saturated rings. The summed E-state index contributed by atoms with van der Waals surface area (Å²) < 4.78 is 24.4. The number of imidazole rings is 1. The lowest BCUT2D eigenvalue weighted by atomic mass is 10.2. The van der Waals surface area contributed by atoms with E-state index in [0.29, 0.717) is 39.0 Å². The van der Waals surface area contributed by atoms with Crippen molar-refractivity contribution in [2.45, 2.75) is 12.8 Å². The monoisotopic (exact) mass is 336 g/mol. The number of nitrogens with zero attached hydrogens (tertiary/aromatic N) is 3. The predicted octanol–water partition coefficient (Wildman–Crippen LogP) is 0.599. The third kappa shape index (κ3) is 3.70. The Morgan fingerprint density at radius 2 is 1.91 bits per heavy atom. The largest absolute Gasteiger partial charge is 0.342 e. The van der Waals surface area contributed by atoms with Gasteiger partial charge in [0.1, 0.15) is 5.82 Å². The van der Waals surface area contributed by atoms with E-state index in [2.05, 4.69) is 9.97 Å². The van der Waals surface area contributed by atoms with Gasteiger partial charge < -0.3 is 9.88 Å². The second-order valence-corrected chi connectivity index (χ2v) is 7.73. The van der Waals surface area contributed by atoms with Crippen molar-refractivity contribution in [3.05, 3.63) is 30.1 Å². The molecule has 8 heteroatoms. The van der Waals surface area contributed by atoms with Crippen molar-refractivity contribution in [2.75, 3.05) is 32.4 Å². The molecule has 2 aromatic rings. The zero-order chi connectivity index (χ0) is 16.4. The average Bonchev–Trinajstić information content (AvgIpc) is 2.95. The highest BCUT2D eigenvalue weighted by Crippen LogP contribution is 2.13. The molecule has 0 aliphatic carbocycles. The van der Waals surface area contributed by atoms with Gasteiger partial charge in [-0.2, -0.15) is 4.31 Å². The number of aryl methyl sites for hydroxylation is 1. The summed E-state index contributed by atoms with van der Waals surface area (Å²) in [6.07, 6.45) is 2.13. The molecule has 0 spiro atoms. The predicted molar refractivity (Wildman–Crippen MR) is 87.4 cm³/mol. The van der Waals surface area contributed by atoms with Crippen LogP contribution in [0.4, 0.5) is 0 Å². The van der Waals surface area contributed by atoms with E-state index in [1.807, 2.05) is 24.3 Å². The Bertz CT molecular complexity index is 774. The van der Waals surface area contributed by atoms with E-state index in [0.717, 1.165) is 16.9 Å². The summed E-state index contributed by atoms with van der Waals surface area (Å²) in [4.78, 5) is 21.7. The molecule has 3 rings (SSSR count). The SMILES string of the molecule is CS(=O)(=O)N1CCN(C(=O)CCc2nc3ccccc3[nH]2)CC1. The van der Waals surface area contributed by atoms with Crippen molar-refractivity contribution in [3.8, 4) is 0 Å². The Labute approximate surface area is 135 Å². The first-order valence-corrected chi connectivity index (χ1v) is 9.45. The van der Waals surface area contributed by atoms with E-state index in [1.165, 1.54) is 10.6 Å². The molecule has 1 saturated heterocycles. The van der Waals surface area contributed by atoms with Gasteiger partial charge >= 0.3 is 0 Å². The molecule has 1 amide bonds. The fourth-order valence-corrected chi connectivity index (χ4v) is 3.60. The second kappa shape index (κ2) is 6.29. The normalized spacial score (nSPS) is 16.8. The smallest absolute Gasteiger partial charge is 0.223 e. The molecule has 1 aromatic carbocycles. The molecule has 1 aromatic heterocycles. The maximum atomic E-state index is 12.3. The number of H-pyrrole nitrogens is 1. The Kier molecular flexibility index (Phi) is 4.36. The van der Waals surface area contributed by atoms with Crippen LogP contribution in [0, 0.1) is 0 Å². The van der Waals surface area contributed by atoms with Gasteiger partial charge in [-0.1, -0.05) is 12.1 Å². The van der Waals surface area contributed by atoms with Crippen LogP contribution < -0.4 is 0 Å². The van der Waals surface area contributed by atoms with Crippen molar-refractivity contribution in [1.82, 2.24) is 19.2 Å². The number of aromatic amines is 1. The van der Waals surface area contributed by atoms with Crippen molar-refractivity contribution in [1.29, 1.82) is 0 Å². The van der Waals surface area contributed by atoms with Gasteiger partial charge in [0, 0.05) is 39.0 Å². The maximum absolute atomic E-state index is 12.3. The van der Waals surface area contributed by atoms with E-state index in [9.17, 15) is 13.2 Å². The third-order valence-electron chi connectivity index (χ3n) is 4.07. The Balaban J connectivity index is 1.54. The molecule has 2 heterocycles. The number of nitrogens with one attached hydrogen (secondary N) is 1. The third-order valence-corrected chi connectivity index (χ3v) is 5.38. The molecular weight excluding hydrogens is 316 g/mol. The first-order chi connectivity index (χ1) is 10.9. The van der Waals surface area contributed by atoms with Gasteiger partial charge in [-0.05, 0) is 12.1 Å². The molecule has 0 radical (unpaired) electrons. The highest BCUT2D eigenvalue weighted by molar-refractivity contribution is 7.88. The van der Waals surface area contributed by atoms with E-state index >= 15 is 0 Å².